The lowest BCUT2D eigenvalue weighted by Gasteiger charge is -2.39. The smallest absolute Gasteiger partial charge is 0.313 e. The van der Waals surface area contributed by atoms with E-state index in [9.17, 15) is 24.3 Å². The number of ether oxygens (including phenoxy) is 2. The Morgan fingerprint density at radius 2 is 1.86 bits per heavy atom. The molecule has 1 unspecified atom stereocenters. The first-order valence-electron chi connectivity index (χ1n) is 16.9. The third kappa shape index (κ3) is 6.53. The second kappa shape index (κ2) is 15.4. The molecule has 50 heavy (non-hydrogen) atoms. The fourth-order valence-corrected chi connectivity index (χ4v) is 9.10. The Morgan fingerprint density at radius 3 is 2.48 bits per heavy atom. The van der Waals surface area contributed by atoms with Crippen LogP contribution in [0.25, 0.3) is 0 Å². The van der Waals surface area contributed by atoms with Crippen molar-refractivity contribution in [1.29, 1.82) is 0 Å². The number of aliphatic hydroxyl groups is 1. The van der Waals surface area contributed by atoms with Crippen molar-refractivity contribution < 1.29 is 33.8 Å². The maximum absolute atomic E-state index is 14.9. The molecule has 268 valence electrons. The number of anilines is 1. The molecule has 1 N–H and O–H groups in total. The van der Waals surface area contributed by atoms with E-state index >= 15 is 0 Å². The van der Waals surface area contributed by atoms with E-state index in [4.69, 9.17) is 21.1 Å². The van der Waals surface area contributed by atoms with Crippen LogP contribution in [0.2, 0.25) is 5.02 Å². The highest BCUT2D eigenvalue weighted by atomic mass is 79.9. The topological polar surface area (TPSA) is 117 Å². The van der Waals surface area contributed by atoms with Crippen LogP contribution in [-0.4, -0.2) is 93.5 Å². The van der Waals surface area contributed by atoms with E-state index < -0.39 is 72.2 Å². The Kier molecular flexibility index (Phi) is 11.6. The molecule has 0 saturated carbocycles. The molecule has 0 aromatic heterocycles. The first kappa shape index (κ1) is 37.7. The van der Waals surface area contributed by atoms with Crippen molar-refractivity contribution in [2.24, 2.45) is 11.8 Å². The number of allylic oxidation sites excluding steroid dienone is 1. The minimum atomic E-state index is -1.40. The Labute approximate surface area is 307 Å². The molecule has 3 amide bonds. The first-order chi connectivity index (χ1) is 23.8. The number of amides is 3. The Morgan fingerprint density at radius 1 is 1.16 bits per heavy atom. The summed E-state index contributed by atoms with van der Waals surface area (Å²) in [7, 11) is 1.67. The molecule has 12 heteroatoms. The number of fused-ring (bicyclic) bond motifs is 1. The van der Waals surface area contributed by atoms with Gasteiger partial charge >= 0.3 is 5.97 Å². The number of esters is 1. The van der Waals surface area contributed by atoms with Crippen LogP contribution in [-0.2, 0) is 28.7 Å². The van der Waals surface area contributed by atoms with Crippen LogP contribution >= 0.6 is 27.5 Å². The normalized spacial score (nSPS) is 26.9. The summed E-state index contributed by atoms with van der Waals surface area (Å²) in [6, 6.07) is 12.0. The van der Waals surface area contributed by atoms with E-state index in [2.05, 4.69) is 29.1 Å². The van der Waals surface area contributed by atoms with E-state index in [1.165, 1.54) is 9.80 Å². The molecular formula is C38H45BrClN3O7. The number of carbonyl (C=O) groups excluding carboxylic acids is 4. The maximum Gasteiger partial charge on any atom is 0.313 e. The second-order valence-electron chi connectivity index (χ2n) is 13.4. The molecule has 3 fully saturated rings. The summed E-state index contributed by atoms with van der Waals surface area (Å²) < 4.78 is 13.0. The van der Waals surface area contributed by atoms with Gasteiger partial charge in [0.25, 0.3) is 5.91 Å². The molecule has 2 aromatic rings. The number of nitrogens with zero attached hydrogens (tertiary/aromatic N) is 3. The summed E-state index contributed by atoms with van der Waals surface area (Å²) >= 11 is 10.4. The molecule has 3 heterocycles. The van der Waals surface area contributed by atoms with Gasteiger partial charge in [0.2, 0.25) is 11.8 Å². The maximum atomic E-state index is 14.9. The van der Waals surface area contributed by atoms with E-state index in [0.717, 1.165) is 5.56 Å². The van der Waals surface area contributed by atoms with Crippen molar-refractivity contribution in [2.45, 2.75) is 80.8 Å². The predicted molar refractivity (Wildman–Crippen MR) is 195 cm³/mol. The Bertz CT molecular complexity index is 1620. The van der Waals surface area contributed by atoms with Gasteiger partial charge in [-0.1, -0.05) is 82.1 Å². The quantitative estimate of drug-likeness (QED) is 0.156. The fraction of sp³-hybridized carbons (Fsp3) is 0.474. The zero-order valence-electron chi connectivity index (χ0n) is 28.8. The molecule has 0 aliphatic carbocycles. The standard InChI is InChI=1S/C38H45BrClN3O7/c1-7-9-18-28(45)41(6)24(5)32(25-15-11-10-12-16-25)49-37(48)29-30-35(46)43(23(4)21-44)34(38(30)20-26(39)33(29)50-38)36(47)42(19-8-2)31-22(3)14-13-17-27(31)40/h7-8,10-17,23-24,26,29-30,32-34,44H,1-2,9,18-21H2,3-6H3/t23-,24-,26?,29-,30+,32+,33-,34-,38+/m1/s1. The minimum Gasteiger partial charge on any atom is -0.455 e. The van der Waals surface area contributed by atoms with Crippen molar-refractivity contribution >= 4 is 56.9 Å². The summed E-state index contributed by atoms with van der Waals surface area (Å²) in [6.07, 6.45) is 2.66. The van der Waals surface area contributed by atoms with Gasteiger partial charge in [-0.2, -0.15) is 0 Å². The van der Waals surface area contributed by atoms with Gasteiger partial charge in [-0.15, -0.1) is 13.2 Å². The molecule has 5 rings (SSSR count). The average molecular weight is 771 g/mol. The number of alkyl halides is 1. The number of carbonyl (C=O) groups is 4. The third-order valence-electron chi connectivity index (χ3n) is 10.4. The lowest BCUT2D eigenvalue weighted by Crippen LogP contribution is -2.59. The highest BCUT2D eigenvalue weighted by molar-refractivity contribution is 9.09. The van der Waals surface area contributed by atoms with Gasteiger partial charge in [0.1, 0.15) is 17.7 Å². The largest absolute Gasteiger partial charge is 0.455 e. The molecule has 10 nitrogen and oxygen atoms in total. The van der Waals surface area contributed by atoms with Crippen molar-refractivity contribution in [3.05, 3.63) is 90.0 Å². The van der Waals surface area contributed by atoms with Crippen molar-refractivity contribution in [1.82, 2.24) is 9.80 Å². The molecule has 3 aliphatic heterocycles. The van der Waals surface area contributed by atoms with Crippen LogP contribution in [0.1, 0.15) is 50.3 Å². The van der Waals surface area contributed by atoms with Gasteiger partial charge in [-0.3, -0.25) is 19.2 Å². The highest BCUT2D eigenvalue weighted by Crippen LogP contribution is 2.61. The Hall–Kier alpha value is -3.51. The second-order valence-corrected chi connectivity index (χ2v) is 15.0. The number of para-hydroxylation sites is 1. The molecule has 9 atom stereocenters. The summed E-state index contributed by atoms with van der Waals surface area (Å²) in [5.41, 5.74) is 0.508. The molecule has 3 aliphatic rings. The van der Waals surface area contributed by atoms with Crippen molar-refractivity contribution in [3.8, 4) is 0 Å². The number of likely N-dealkylation sites (tertiary alicyclic amines) is 1. The Balaban J connectivity index is 1.54. The molecule has 0 radical (unpaired) electrons. The van der Waals surface area contributed by atoms with E-state index in [1.54, 1.807) is 43.2 Å². The minimum absolute atomic E-state index is 0.0957. The number of aryl methyl sites for hydroxylation is 1. The predicted octanol–water partition coefficient (Wildman–Crippen LogP) is 5.39. The first-order valence-corrected chi connectivity index (χ1v) is 18.2. The summed E-state index contributed by atoms with van der Waals surface area (Å²) in [5.74, 6) is -3.85. The van der Waals surface area contributed by atoms with Crippen LogP contribution in [0.15, 0.2) is 73.8 Å². The van der Waals surface area contributed by atoms with Gasteiger partial charge < -0.3 is 29.3 Å². The summed E-state index contributed by atoms with van der Waals surface area (Å²) in [6.45, 7) is 12.6. The lowest BCUT2D eigenvalue weighted by atomic mass is 9.70. The van der Waals surface area contributed by atoms with E-state index in [1.807, 2.05) is 50.2 Å². The summed E-state index contributed by atoms with van der Waals surface area (Å²) in [5, 5.41) is 10.7. The highest BCUT2D eigenvalue weighted by Gasteiger charge is 2.77. The van der Waals surface area contributed by atoms with Gasteiger partial charge in [-0.05, 0) is 50.8 Å². The van der Waals surface area contributed by atoms with Crippen molar-refractivity contribution in [3.63, 3.8) is 0 Å². The number of hydrogen-bond donors (Lipinski definition) is 1. The number of likely N-dealkylation sites (N-methyl/N-ethyl adjacent to an activating group) is 1. The van der Waals surface area contributed by atoms with Crippen molar-refractivity contribution in [2.75, 3.05) is 25.1 Å². The zero-order chi connectivity index (χ0) is 36.5. The molecule has 1 spiro atoms. The average Bonchev–Trinajstić information content (AvgIpc) is 3.71. The van der Waals surface area contributed by atoms with Gasteiger partial charge in [-0.25, -0.2) is 0 Å². The molecule has 2 aromatic carbocycles. The number of halogens is 2. The van der Waals surface area contributed by atoms with Crippen LogP contribution in [0.4, 0.5) is 5.69 Å². The number of rotatable bonds is 14. The van der Waals surface area contributed by atoms with Crippen LogP contribution < -0.4 is 4.90 Å². The van der Waals surface area contributed by atoms with Crippen LogP contribution in [0.5, 0.6) is 0 Å². The third-order valence-corrected chi connectivity index (χ3v) is 11.5. The SMILES string of the molecule is C=CCCC(=O)N(C)[C@H](C)[C@H](OC(=O)[C@H]1[C@@H]2O[C@@]3(CC2Br)[C@@H]1C(=O)N([C@H](C)CO)[C@@H]3C(=O)N(CC=C)c1c(C)cccc1Cl)c1ccccc1. The number of benzene rings is 2. The fourth-order valence-electron chi connectivity index (χ4n) is 7.83. The molecule has 2 bridgehead atoms. The van der Waals surface area contributed by atoms with Gasteiger partial charge in [0.05, 0.1) is 47.3 Å². The monoisotopic (exact) mass is 769 g/mol. The lowest BCUT2D eigenvalue weighted by molar-refractivity contribution is -0.165. The molecular weight excluding hydrogens is 726 g/mol. The van der Waals surface area contributed by atoms with E-state index in [-0.39, 0.29) is 30.1 Å². The number of aliphatic hydroxyl groups excluding tert-OH is 1. The van der Waals surface area contributed by atoms with Crippen LogP contribution in [0.3, 0.4) is 0 Å². The summed E-state index contributed by atoms with van der Waals surface area (Å²) in [4.78, 5) is 61.0. The zero-order valence-corrected chi connectivity index (χ0v) is 31.2. The van der Waals surface area contributed by atoms with Gasteiger partial charge in [0, 0.05) is 24.8 Å². The van der Waals surface area contributed by atoms with E-state index in [0.29, 0.717) is 22.7 Å². The van der Waals surface area contributed by atoms with Crippen LogP contribution in [0, 0.1) is 18.8 Å². The van der Waals surface area contributed by atoms with Gasteiger partial charge in [0.15, 0.2) is 0 Å². The number of hydrogen-bond acceptors (Lipinski definition) is 7. The molecule has 3 saturated heterocycles.